The molecule has 58 valence electrons. The van der Waals surface area contributed by atoms with Crippen LogP contribution in [0.2, 0.25) is 0 Å². The van der Waals surface area contributed by atoms with Crippen LogP contribution in [0.5, 0.6) is 0 Å². The van der Waals surface area contributed by atoms with E-state index in [0.29, 0.717) is 6.04 Å². The maximum absolute atomic E-state index is 10.0. The van der Waals surface area contributed by atoms with Crippen LogP contribution in [0.1, 0.15) is 13.8 Å². The average molecular weight is 143 g/mol. The van der Waals surface area contributed by atoms with E-state index in [1.807, 2.05) is 25.8 Å². The predicted molar refractivity (Wildman–Crippen MR) is 39.7 cm³/mol. The van der Waals surface area contributed by atoms with Gasteiger partial charge < -0.3 is 10.0 Å². The number of nitrogens with zero attached hydrogens (tertiary/aromatic N) is 1. The molecule has 0 rings (SSSR count). The molecule has 0 bridgehead atoms. The van der Waals surface area contributed by atoms with Crippen molar-refractivity contribution >= 4 is 5.97 Å². The van der Waals surface area contributed by atoms with Crippen LogP contribution < -0.4 is 0 Å². The molecule has 0 amide bonds. The van der Waals surface area contributed by atoms with Crippen molar-refractivity contribution in [3.05, 3.63) is 12.3 Å². The zero-order valence-electron chi connectivity index (χ0n) is 6.53. The Morgan fingerprint density at radius 3 is 2.40 bits per heavy atom. The fourth-order valence-corrected chi connectivity index (χ4v) is 0.353. The number of carbonyl (C=O) groups is 1. The van der Waals surface area contributed by atoms with Crippen LogP contribution in [-0.4, -0.2) is 29.1 Å². The van der Waals surface area contributed by atoms with E-state index < -0.39 is 5.97 Å². The molecule has 3 heteroatoms. The van der Waals surface area contributed by atoms with E-state index in [9.17, 15) is 4.79 Å². The van der Waals surface area contributed by atoms with E-state index in [2.05, 4.69) is 0 Å². The first-order chi connectivity index (χ1) is 4.54. The molecule has 0 aliphatic heterocycles. The van der Waals surface area contributed by atoms with Gasteiger partial charge in [0.25, 0.3) is 0 Å². The lowest BCUT2D eigenvalue weighted by Gasteiger charge is -2.17. The molecule has 0 unspecified atom stereocenters. The first-order valence-electron chi connectivity index (χ1n) is 3.17. The van der Waals surface area contributed by atoms with E-state index in [-0.39, 0.29) is 0 Å². The fourth-order valence-electron chi connectivity index (χ4n) is 0.353. The Morgan fingerprint density at radius 2 is 2.10 bits per heavy atom. The van der Waals surface area contributed by atoms with Crippen LogP contribution >= 0.6 is 0 Å². The van der Waals surface area contributed by atoms with Crippen molar-refractivity contribution in [2.24, 2.45) is 0 Å². The van der Waals surface area contributed by atoms with Gasteiger partial charge in [-0.05, 0) is 13.8 Å². The Kier molecular flexibility index (Phi) is 3.54. The first-order valence-corrected chi connectivity index (χ1v) is 3.17. The van der Waals surface area contributed by atoms with E-state index in [1.54, 1.807) is 6.20 Å². The standard InChI is InChI=1S/C7H13NO2/c1-6(2)8(3)5-4-7(9)10/h4-6H,1-3H3,(H,9,10)/b5-4+. The third kappa shape index (κ3) is 3.95. The Labute approximate surface area is 61.0 Å². The average Bonchev–Trinajstić information content (AvgIpc) is 1.82. The summed E-state index contributed by atoms with van der Waals surface area (Å²) in [5, 5.41) is 8.23. The summed E-state index contributed by atoms with van der Waals surface area (Å²) >= 11 is 0. The zero-order chi connectivity index (χ0) is 8.15. The summed E-state index contributed by atoms with van der Waals surface area (Å²) < 4.78 is 0. The molecule has 0 atom stereocenters. The molecule has 0 spiro atoms. The summed E-state index contributed by atoms with van der Waals surface area (Å²) in [5.41, 5.74) is 0. The number of aliphatic carboxylic acids is 1. The van der Waals surface area contributed by atoms with Gasteiger partial charge in [0.15, 0.2) is 0 Å². The highest BCUT2D eigenvalue weighted by Crippen LogP contribution is 1.92. The van der Waals surface area contributed by atoms with Crippen molar-refractivity contribution in [2.45, 2.75) is 19.9 Å². The van der Waals surface area contributed by atoms with E-state index in [4.69, 9.17) is 5.11 Å². The lowest BCUT2D eigenvalue weighted by Crippen LogP contribution is -2.20. The maximum atomic E-state index is 10.0. The maximum Gasteiger partial charge on any atom is 0.329 e. The Bertz CT molecular complexity index is 141. The molecule has 0 radical (unpaired) electrons. The molecule has 0 aliphatic rings. The monoisotopic (exact) mass is 143 g/mol. The lowest BCUT2D eigenvalue weighted by molar-refractivity contribution is -0.131. The quantitative estimate of drug-likeness (QED) is 0.597. The summed E-state index contributed by atoms with van der Waals surface area (Å²) in [6, 6.07) is 0.343. The van der Waals surface area contributed by atoms with Crippen molar-refractivity contribution in [3.8, 4) is 0 Å². The second-order valence-corrected chi connectivity index (χ2v) is 2.41. The second-order valence-electron chi connectivity index (χ2n) is 2.41. The summed E-state index contributed by atoms with van der Waals surface area (Å²) in [7, 11) is 1.84. The zero-order valence-corrected chi connectivity index (χ0v) is 6.53. The summed E-state index contributed by atoms with van der Waals surface area (Å²) in [6.45, 7) is 3.98. The van der Waals surface area contributed by atoms with Gasteiger partial charge in [-0.2, -0.15) is 0 Å². The fraction of sp³-hybridized carbons (Fsp3) is 0.571. The van der Waals surface area contributed by atoms with Gasteiger partial charge in [-0.3, -0.25) is 0 Å². The highest BCUT2D eigenvalue weighted by molar-refractivity contribution is 5.79. The van der Waals surface area contributed by atoms with Gasteiger partial charge in [0, 0.05) is 25.4 Å². The Balaban J connectivity index is 3.77. The summed E-state index contributed by atoms with van der Waals surface area (Å²) in [5.74, 6) is -0.910. The van der Waals surface area contributed by atoms with Crippen LogP contribution in [0, 0.1) is 0 Å². The summed E-state index contributed by atoms with van der Waals surface area (Å²) in [6.07, 6.45) is 2.67. The molecular weight excluding hydrogens is 130 g/mol. The number of hydrogen-bond acceptors (Lipinski definition) is 2. The van der Waals surface area contributed by atoms with Gasteiger partial charge in [0.1, 0.15) is 0 Å². The van der Waals surface area contributed by atoms with Crippen molar-refractivity contribution < 1.29 is 9.90 Å². The molecule has 0 aliphatic carbocycles. The van der Waals surface area contributed by atoms with Gasteiger partial charge in [-0.1, -0.05) is 0 Å². The normalized spacial score (nSPS) is 10.8. The SMILES string of the molecule is CC(C)N(C)/C=C/C(=O)O. The van der Waals surface area contributed by atoms with Crippen LogP contribution in [0.15, 0.2) is 12.3 Å². The minimum Gasteiger partial charge on any atom is -0.478 e. The van der Waals surface area contributed by atoms with Crippen molar-refractivity contribution in [3.63, 3.8) is 0 Å². The second kappa shape index (κ2) is 3.93. The van der Waals surface area contributed by atoms with Crippen LogP contribution in [0.3, 0.4) is 0 Å². The lowest BCUT2D eigenvalue weighted by atomic mass is 10.3. The van der Waals surface area contributed by atoms with Crippen LogP contribution in [-0.2, 0) is 4.79 Å². The molecule has 3 nitrogen and oxygen atoms in total. The van der Waals surface area contributed by atoms with Gasteiger partial charge in [0.05, 0.1) is 0 Å². The molecule has 0 aromatic rings. The topological polar surface area (TPSA) is 40.5 Å². The molecule has 0 saturated carbocycles. The van der Waals surface area contributed by atoms with Crippen LogP contribution in [0.25, 0.3) is 0 Å². The highest BCUT2D eigenvalue weighted by atomic mass is 16.4. The van der Waals surface area contributed by atoms with Gasteiger partial charge in [-0.25, -0.2) is 4.79 Å². The number of hydrogen-bond donors (Lipinski definition) is 1. The molecule has 0 aromatic heterocycles. The summed E-state index contributed by atoms with van der Waals surface area (Å²) in [4.78, 5) is 11.8. The van der Waals surface area contributed by atoms with Gasteiger partial charge in [0.2, 0.25) is 0 Å². The Hall–Kier alpha value is -0.990. The highest BCUT2D eigenvalue weighted by Gasteiger charge is 1.95. The van der Waals surface area contributed by atoms with Crippen molar-refractivity contribution in [2.75, 3.05) is 7.05 Å². The number of rotatable bonds is 3. The van der Waals surface area contributed by atoms with Gasteiger partial charge in [-0.15, -0.1) is 0 Å². The largest absolute Gasteiger partial charge is 0.478 e. The third-order valence-corrected chi connectivity index (χ3v) is 1.27. The number of carboxylic acid groups (broad SMARTS) is 1. The van der Waals surface area contributed by atoms with E-state index in [1.165, 1.54) is 0 Å². The van der Waals surface area contributed by atoms with Gasteiger partial charge >= 0.3 is 5.97 Å². The number of carboxylic acids is 1. The smallest absolute Gasteiger partial charge is 0.329 e. The molecule has 0 saturated heterocycles. The third-order valence-electron chi connectivity index (χ3n) is 1.27. The molecular formula is C7H13NO2. The molecule has 10 heavy (non-hydrogen) atoms. The van der Waals surface area contributed by atoms with Crippen LogP contribution in [0.4, 0.5) is 0 Å². The molecule has 1 N–H and O–H groups in total. The molecule has 0 fully saturated rings. The van der Waals surface area contributed by atoms with Crippen molar-refractivity contribution in [1.29, 1.82) is 0 Å². The minimum atomic E-state index is -0.910. The minimum absolute atomic E-state index is 0.343. The predicted octanol–water partition coefficient (Wildman–Crippen LogP) is 0.925. The van der Waals surface area contributed by atoms with E-state index in [0.717, 1.165) is 6.08 Å². The van der Waals surface area contributed by atoms with Crippen molar-refractivity contribution in [1.82, 2.24) is 4.90 Å². The Morgan fingerprint density at radius 1 is 1.60 bits per heavy atom. The molecule has 0 heterocycles. The molecule has 0 aromatic carbocycles. The van der Waals surface area contributed by atoms with E-state index >= 15 is 0 Å². The first kappa shape index (κ1) is 9.01.